The molecule has 0 radical (unpaired) electrons. The molecule has 1 rings (SSSR count). The molecule has 0 saturated heterocycles. The van der Waals surface area contributed by atoms with Crippen LogP contribution in [0.1, 0.15) is 31.3 Å². The Morgan fingerprint density at radius 3 is 2.53 bits per heavy atom. The van der Waals surface area contributed by atoms with Gasteiger partial charge in [0.05, 0.1) is 5.54 Å². The maximum Gasteiger partial charge on any atom is 0.287 e. The van der Waals surface area contributed by atoms with Crippen LogP contribution in [0.15, 0.2) is 21.2 Å². The molecule has 0 bridgehead atoms. The number of rotatable bonds is 4. The van der Waals surface area contributed by atoms with Crippen molar-refractivity contribution in [3.63, 3.8) is 0 Å². The van der Waals surface area contributed by atoms with Crippen molar-refractivity contribution in [2.75, 3.05) is 6.54 Å². The van der Waals surface area contributed by atoms with Crippen molar-refractivity contribution in [2.45, 2.75) is 26.3 Å². The van der Waals surface area contributed by atoms with E-state index >= 15 is 0 Å². The number of amides is 1. The minimum Gasteiger partial charge on any atom is -0.444 e. The molecule has 17 heavy (non-hydrogen) atoms. The van der Waals surface area contributed by atoms with E-state index in [-0.39, 0.29) is 30.0 Å². The number of nitrogens with two attached hydrogens (primary N) is 1. The lowest BCUT2D eigenvalue weighted by atomic mass is 9.88. The van der Waals surface area contributed by atoms with Crippen LogP contribution in [-0.2, 0) is 0 Å². The molecule has 0 aliphatic rings. The SMILES string of the molecule is CC(C)C(C)(CN)NC(=O)c1ccc(Br)o1.Cl. The Kier molecular flexibility index (Phi) is 6.23. The van der Waals surface area contributed by atoms with Crippen LogP contribution in [0, 0.1) is 5.92 Å². The molecule has 1 heterocycles. The monoisotopic (exact) mass is 324 g/mol. The molecule has 0 aliphatic heterocycles. The smallest absolute Gasteiger partial charge is 0.287 e. The largest absolute Gasteiger partial charge is 0.444 e. The molecule has 0 aliphatic carbocycles. The summed E-state index contributed by atoms with van der Waals surface area (Å²) in [7, 11) is 0. The Hall–Kier alpha value is -0.520. The molecule has 98 valence electrons. The molecule has 1 unspecified atom stereocenters. The number of furan rings is 1. The summed E-state index contributed by atoms with van der Waals surface area (Å²) < 4.78 is 5.72. The summed E-state index contributed by atoms with van der Waals surface area (Å²) in [6.45, 7) is 6.35. The number of halogens is 2. The fourth-order valence-electron chi connectivity index (χ4n) is 1.19. The maximum absolute atomic E-state index is 11.9. The van der Waals surface area contributed by atoms with Crippen molar-refractivity contribution in [3.05, 3.63) is 22.6 Å². The molecular formula is C11H18BrClN2O2. The molecule has 1 amide bonds. The molecule has 6 heteroatoms. The van der Waals surface area contributed by atoms with Gasteiger partial charge in [0.1, 0.15) is 0 Å². The van der Waals surface area contributed by atoms with Crippen molar-refractivity contribution in [2.24, 2.45) is 11.7 Å². The zero-order valence-corrected chi connectivity index (χ0v) is 12.5. The second-order valence-corrected chi connectivity index (χ2v) is 5.12. The molecular weight excluding hydrogens is 307 g/mol. The second kappa shape index (κ2) is 6.42. The fraction of sp³-hybridized carbons (Fsp3) is 0.545. The molecule has 1 atom stereocenters. The number of hydrogen-bond acceptors (Lipinski definition) is 3. The first-order valence-corrected chi connectivity index (χ1v) is 5.96. The van der Waals surface area contributed by atoms with Crippen molar-refractivity contribution >= 4 is 34.2 Å². The van der Waals surface area contributed by atoms with E-state index in [1.807, 2.05) is 20.8 Å². The summed E-state index contributed by atoms with van der Waals surface area (Å²) in [4.78, 5) is 11.9. The van der Waals surface area contributed by atoms with Crippen molar-refractivity contribution < 1.29 is 9.21 Å². The summed E-state index contributed by atoms with van der Waals surface area (Å²) >= 11 is 3.15. The highest BCUT2D eigenvalue weighted by molar-refractivity contribution is 9.10. The van der Waals surface area contributed by atoms with Gasteiger partial charge in [-0.3, -0.25) is 4.79 Å². The average molecular weight is 326 g/mol. The third kappa shape index (κ3) is 4.01. The molecule has 1 aromatic rings. The maximum atomic E-state index is 11.9. The normalized spacial score (nSPS) is 14.0. The van der Waals surface area contributed by atoms with Gasteiger partial charge < -0.3 is 15.5 Å². The first-order valence-electron chi connectivity index (χ1n) is 5.17. The zero-order valence-electron chi connectivity index (χ0n) is 10.1. The Labute approximate surface area is 116 Å². The summed E-state index contributed by atoms with van der Waals surface area (Å²) in [5.74, 6) is 0.291. The standard InChI is InChI=1S/C11H17BrN2O2.ClH/c1-7(2)11(3,6-13)14-10(15)8-4-5-9(12)16-8;/h4-5,7H,6,13H2,1-3H3,(H,14,15);1H. The molecule has 1 aromatic heterocycles. The number of carbonyl (C=O) groups excluding carboxylic acids is 1. The third-order valence-corrected chi connectivity index (χ3v) is 3.32. The Morgan fingerprint density at radius 2 is 2.18 bits per heavy atom. The van der Waals surface area contributed by atoms with Crippen LogP contribution in [0.3, 0.4) is 0 Å². The summed E-state index contributed by atoms with van der Waals surface area (Å²) in [6, 6.07) is 3.31. The van der Waals surface area contributed by atoms with Crippen molar-refractivity contribution in [1.29, 1.82) is 0 Å². The summed E-state index contributed by atoms with van der Waals surface area (Å²) in [6.07, 6.45) is 0. The minimum absolute atomic E-state index is 0. The Balaban J connectivity index is 0.00000256. The van der Waals surface area contributed by atoms with Crippen LogP contribution >= 0.6 is 28.3 Å². The van der Waals surface area contributed by atoms with Gasteiger partial charge in [-0.05, 0) is 40.9 Å². The van der Waals surface area contributed by atoms with E-state index in [4.69, 9.17) is 10.2 Å². The van der Waals surface area contributed by atoms with Gasteiger partial charge in [0.2, 0.25) is 0 Å². The quantitative estimate of drug-likeness (QED) is 0.894. The molecule has 0 spiro atoms. The zero-order chi connectivity index (χ0) is 12.3. The molecule has 4 nitrogen and oxygen atoms in total. The van der Waals surface area contributed by atoms with Gasteiger partial charge in [-0.1, -0.05) is 13.8 Å². The van der Waals surface area contributed by atoms with Crippen LogP contribution in [0.2, 0.25) is 0 Å². The van der Waals surface area contributed by atoms with Crippen molar-refractivity contribution in [3.8, 4) is 0 Å². The van der Waals surface area contributed by atoms with E-state index < -0.39 is 5.54 Å². The summed E-state index contributed by atoms with van der Waals surface area (Å²) in [5, 5.41) is 2.89. The molecule has 3 N–H and O–H groups in total. The van der Waals surface area contributed by atoms with Crippen LogP contribution in [0.5, 0.6) is 0 Å². The lowest BCUT2D eigenvalue weighted by Gasteiger charge is -2.33. The van der Waals surface area contributed by atoms with E-state index in [9.17, 15) is 4.79 Å². The van der Waals surface area contributed by atoms with Gasteiger partial charge >= 0.3 is 0 Å². The predicted molar refractivity (Wildman–Crippen MR) is 73.4 cm³/mol. The minimum atomic E-state index is -0.420. The van der Waals surface area contributed by atoms with Gasteiger partial charge in [0.15, 0.2) is 10.4 Å². The average Bonchev–Trinajstić information content (AvgIpc) is 2.64. The second-order valence-electron chi connectivity index (χ2n) is 4.33. The highest BCUT2D eigenvalue weighted by Crippen LogP contribution is 2.18. The van der Waals surface area contributed by atoms with E-state index in [1.54, 1.807) is 12.1 Å². The van der Waals surface area contributed by atoms with Crippen LogP contribution in [0.25, 0.3) is 0 Å². The van der Waals surface area contributed by atoms with Gasteiger partial charge in [-0.2, -0.15) is 0 Å². The first kappa shape index (κ1) is 16.5. The van der Waals surface area contributed by atoms with Gasteiger partial charge in [-0.25, -0.2) is 0 Å². The Bertz CT molecular complexity index is 381. The van der Waals surface area contributed by atoms with Gasteiger partial charge in [0, 0.05) is 6.54 Å². The summed E-state index contributed by atoms with van der Waals surface area (Å²) in [5.41, 5.74) is 5.26. The topological polar surface area (TPSA) is 68.3 Å². The molecule has 0 saturated carbocycles. The number of nitrogens with one attached hydrogen (secondary N) is 1. The first-order chi connectivity index (χ1) is 7.39. The molecule has 0 aromatic carbocycles. The van der Waals surface area contributed by atoms with Gasteiger partial charge in [-0.15, -0.1) is 12.4 Å². The van der Waals surface area contributed by atoms with Gasteiger partial charge in [0.25, 0.3) is 5.91 Å². The Morgan fingerprint density at radius 1 is 1.59 bits per heavy atom. The van der Waals surface area contributed by atoms with Crippen LogP contribution in [0.4, 0.5) is 0 Å². The number of carbonyl (C=O) groups is 1. The van der Waals surface area contributed by atoms with E-state index in [0.29, 0.717) is 11.2 Å². The van der Waals surface area contributed by atoms with E-state index in [1.165, 1.54) is 0 Å². The molecule has 0 fully saturated rings. The highest BCUT2D eigenvalue weighted by Gasteiger charge is 2.29. The lowest BCUT2D eigenvalue weighted by Crippen LogP contribution is -2.54. The van der Waals surface area contributed by atoms with E-state index in [2.05, 4.69) is 21.2 Å². The third-order valence-electron chi connectivity index (χ3n) is 2.89. The number of hydrogen-bond donors (Lipinski definition) is 2. The highest BCUT2D eigenvalue weighted by atomic mass is 79.9. The predicted octanol–water partition coefficient (Wildman–Crippen LogP) is 2.57. The van der Waals surface area contributed by atoms with Crippen LogP contribution in [-0.4, -0.2) is 18.0 Å². The van der Waals surface area contributed by atoms with Crippen molar-refractivity contribution in [1.82, 2.24) is 5.32 Å². The fourth-order valence-corrected chi connectivity index (χ4v) is 1.49. The van der Waals surface area contributed by atoms with Crippen LogP contribution < -0.4 is 11.1 Å². The lowest BCUT2D eigenvalue weighted by molar-refractivity contribution is 0.0853. The van der Waals surface area contributed by atoms with E-state index in [0.717, 1.165) is 0 Å².